The molecule has 0 aliphatic heterocycles. The summed E-state index contributed by atoms with van der Waals surface area (Å²) < 4.78 is 45.5. The van der Waals surface area contributed by atoms with Gasteiger partial charge in [0.1, 0.15) is 9.99 Å². The van der Waals surface area contributed by atoms with Gasteiger partial charge in [-0.1, -0.05) is 43.3 Å². The molecule has 2 rings (SSSR count). The van der Waals surface area contributed by atoms with Gasteiger partial charge in [0.25, 0.3) is 10.0 Å². The molecule has 1 aromatic carbocycles. The maximum atomic E-state index is 12.7. The Labute approximate surface area is 152 Å². The van der Waals surface area contributed by atoms with Gasteiger partial charge in [0.15, 0.2) is 0 Å². The van der Waals surface area contributed by atoms with E-state index < -0.39 is 29.5 Å². The van der Waals surface area contributed by atoms with E-state index in [2.05, 4.69) is 4.72 Å². The van der Waals surface area contributed by atoms with E-state index in [0.29, 0.717) is 6.42 Å². The number of benzene rings is 1. The average molecular weight is 403 g/mol. The second kappa shape index (κ2) is 8.58. The Bertz CT molecular complexity index is 808. The monoisotopic (exact) mass is 403 g/mol. The number of hydrogen-bond acceptors (Lipinski definition) is 5. The fourth-order valence-electron chi connectivity index (χ4n) is 2.12. The van der Waals surface area contributed by atoms with Crippen LogP contribution in [0.5, 0.6) is 0 Å². The van der Waals surface area contributed by atoms with E-state index >= 15 is 0 Å². The second-order valence-corrected chi connectivity index (χ2v) is 10.5. The van der Waals surface area contributed by atoms with Gasteiger partial charge < -0.3 is 9.42 Å². The first-order chi connectivity index (χ1) is 11.7. The molecule has 0 bridgehead atoms. The van der Waals surface area contributed by atoms with Crippen LogP contribution >= 0.6 is 18.9 Å². The Hall–Kier alpha value is -1.02. The lowest BCUT2D eigenvalue weighted by Crippen LogP contribution is -2.37. The molecule has 9 heteroatoms. The number of hydrogen-bond donors (Lipinski definition) is 2. The highest BCUT2D eigenvalue weighted by molar-refractivity contribution is 7.91. The number of rotatable bonds is 9. The third-order valence-corrected chi connectivity index (χ3v) is 8.43. The van der Waals surface area contributed by atoms with E-state index in [1.165, 1.54) is 6.07 Å². The van der Waals surface area contributed by atoms with Gasteiger partial charge in [-0.3, -0.25) is 4.57 Å². The third kappa shape index (κ3) is 5.74. The first-order valence-electron chi connectivity index (χ1n) is 7.85. The van der Waals surface area contributed by atoms with Gasteiger partial charge in [-0.2, -0.15) is 4.72 Å². The van der Waals surface area contributed by atoms with Crippen LogP contribution in [0.1, 0.15) is 25.8 Å². The highest BCUT2D eigenvalue weighted by atomic mass is 32.2. The summed E-state index contributed by atoms with van der Waals surface area (Å²) in [6.07, 6.45) is 0.135. The molecule has 3 unspecified atom stereocenters. The van der Waals surface area contributed by atoms with Crippen molar-refractivity contribution in [2.24, 2.45) is 0 Å². The molecule has 2 aromatic rings. The van der Waals surface area contributed by atoms with Gasteiger partial charge in [-0.25, -0.2) is 8.42 Å². The van der Waals surface area contributed by atoms with Gasteiger partial charge in [0, 0.05) is 6.42 Å². The first-order valence-corrected chi connectivity index (χ1v) is 11.9. The van der Waals surface area contributed by atoms with Crippen LogP contribution in [0.2, 0.25) is 0 Å². The predicted molar refractivity (Wildman–Crippen MR) is 99.2 cm³/mol. The molecule has 0 aliphatic rings. The lowest BCUT2D eigenvalue weighted by atomic mass is 10.1. The van der Waals surface area contributed by atoms with E-state index in [9.17, 15) is 17.9 Å². The quantitative estimate of drug-likeness (QED) is 0.624. The summed E-state index contributed by atoms with van der Waals surface area (Å²) in [6, 6.07) is 12.0. The van der Waals surface area contributed by atoms with Crippen LogP contribution < -0.4 is 4.72 Å². The van der Waals surface area contributed by atoms with E-state index in [1.54, 1.807) is 42.6 Å². The number of sulfonamides is 1. The van der Waals surface area contributed by atoms with Crippen LogP contribution in [-0.4, -0.2) is 25.2 Å². The summed E-state index contributed by atoms with van der Waals surface area (Å²) in [7, 11) is -8.13. The topological polar surface area (TPSA) is 92.7 Å². The predicted octanol–water partition coefficient (Wildman–Crippen LogP) is 3.60. The van der Waals surface area contributed by atoms with Crippen molar-refractivity contribution in [2.75, 3.05) is 0 Å². The maximum absolute atomic E-state index is 12.7. The molecule has 1 aromatic heterocycles. The molecular formula is C16H22NO5PS2. The van der Waals surface area contributed by atoms with Crippen LogP contribution in [0.3, 0.4) is 0 Å². The van der Waals surface area contributed by atoms with Gasteiger partial charge in [0.2, 0.25) is 0 Å². The van der Waals surface area contributed by atoms with Crippen molar-refractivity contribution in [2.45, 2.75) is 42.8 Å². The summed E-state index contributed by atoms with van der Waals surface area (Å²) >= 11 is 1.04. The zero-order chi connectivity index (χ0) is 18.5. The Morgan fingerprint density at radius 2 is 1.92 bits per heavy atom. The van der Waals surface area contributed by atoms with E-state index in [1.807, 2.05) is 13.0 Å². The van der Waals surface area contributed by atoms with Crippen LogP contribution in [0.4, 0.5) is 0 Å². The van der Waals surface area contributed by atoms with Crippen LogP contribution in [0.25, 0.3) is 0 Å². The molecular weight excluding hydrogens is 381 g/mol. The van der Waals surface area contributed by atoms with Crippen molar-refractivity contribution in [1.29, 1.82) is 0 Å². The molecule has 0 radical (unpaired) electrons. The summed E-state index contributed by atoms with van der Waals surface area (Å²) in [5, 5.41) is 1.63. The average Bonchev–Trinajstić information content (AvgIpc) is 3.10. The Morgan fingerprint density at radius 3 is 2.48 bits per heavy atom. The summed E-state index contributed by atoms with van der Waals surface area (Å²) in [4.78, 5) is 10.4. The van der Waals surface area contributed by atoms with Crippen LogP contribution in [-0.2, 0) is 25.5 Å². The van der Waals surface area contributed by atoms with E-state index in [0.717, 1.165) is 16.9 Å². The summed E-state index contributed by atoms with van der Waals surface area (Å²) in [5.74, 6) is -1.27. The smallest absolute Gasteiger partial charge is 0.323 e. The molecule has 3 atom stereocenters. The fraction of sp³-hybridized carbons (Fsp3) is 0.375. The zero-order valence-corrected chi connectivity index (χ0v) is 16.6. The standard InChI is InChI=1S/C16H22NO5PS2/c1-3-13(2)22-23(18,19)15(12-14-8-5-4-6-9-14)17-25(20,21)16-10-7-11-24-16/h4-11,13,15,17H,3,12H2,1-2H3,(H,18,19). The van der Waals surface area contributed by atoms with Gasteiger partial charge in [-0.05, 0) is 30.4 Å². The van der Waals surface area contributed by atoms with Gasteiger partial charge in [0.05, 0.1) is 6.10 Å². The number of nitrogens with one attached hydrogen (secondary N) is 1. The highest BCUT2D eigenvalue weighted by Crippen LogP contribution is 2.49. The molecule has 6 nitrogen and oxygen atoms in total. The molecule has 0 fully saturated rings. The normalized spacial score (nSPS) is 16.9. The van der Waals surface area contributed by atoms with E-state index in [-0.39, 0.29) is 10.6 Å². The van der Waals surface area contributed by atoms with Gasteiger partial charge in [-0.15, -0.1) is 11.3 Å². The molecule has 0 saturated carbocycles. The first kappa shape index (κ1) is 20.3. The third-order valence-electron chi connectivity index (χ3n) is 3.62. The van der Waals surface area contributed by atoms with Crippen molar-refractivity contribution in [3.8, 4) is 0 Å². The van der Waals surface area contributed by atoms with Crippen molar-refractivity contribution in [3.05, 3.63) is 53.4 Å². The van der Waals surface area contributed by atoms with Crippen molar-refractivity contribution < 1.29 is 22.4 Å². The minimum atomic E-state index is -4.22. The minimum Gasteiger partial charge on any atom is -0.323 e. The Balaban J connectivity index is 2.30. The summed E-state index contributed by atoms with van der Waals surface area (Å²) in [5.41, 5.74) is 0.739. The highest BCUT2D eigenvalue weighted by Gasteiger charge is 2.37. The lowest BCUT2D eigenvalue weighted by molar-refractivity contribution is 0.178. The van der Waals surface area contributed by atoms with Crippen molar-refractivity contribution >= 4 is 29.0 Å². The number of thiophene rings is 1. The lowest BCUT2D eigenvalue weighted by Gasteiger charge is -2.25. The SMILES string of the molecule is CCC(C)OP(=O)(O)C(Cc1ccccc1)NS(=O)(=O)c1cccs1. The molecule has 0 amide bonds. The molecule has 138 valence electrons. The minimum absolute atomic E-state index is 0.0512. The second-order valence-electron chi connectivity index (χ2n) is 5.65. The van der Waals surface area contributed by atoms with Gasteiger partial charge >= 0.3 is 7.60 Å². The molecule has 25 heavy (non-hydrogen) atoms. The largest absolute Gasteiger partial charge is 0.346 e. The zero-order valence-electron chi connectivity index (χ0n) is 14.0. The van der Waals surface area contributed by atoms with E-state index in [4.69, 9.17) is 4.52 Å². The Kier molecular flexibility index (Phi) is 6.96. The molecule has 1 heterocycles. The molecule has 0 aliphatic carbocycles. The molecule has 2 N–H and O–H groups in total. The maximum Gasteiger partial charge on any atom is 0.346 e. The van der Waals surface area contributed by atoms with Crippen molar-refractivity contribution in [3.63, 3.8) is 0 Å². The molecule has 0 saturated heterocycles. The van der Waals surface area contributed by atoms with Crippen LogP contribution in [0, 0.1) is 0 Å². The van der Waals surface area contributed by atoms with Crippen LogP contribution in [0.15, 0.2) is 52.1 Å². The Morgan fingerprint density at radius 1 is 1.24 bits per heavy atom. The fourth-order valence-corrected chi connectivity index (χ4v) is 6.40. The summed E-state index contributed by atoms with van der Waals surface area (Å²) in [6.45, 7) is 3.50. The van der Waals surface area contributed by atoms with Crippen molar-refractivity contribution in [1.82, 2.24) is 4.72 Å². The molecule has 0 spiro atoms.